The summed E-state index contributed by atoms with van der Waals surface area (Å²) in [6.07, 6.45) is 0.858. The molecule has 1 saturated heterocycles. The Morgan fingerprint density at radius 1 is 1.55 bits per heavy atom. The molecular formula is C15H22N2O3. The van der Waals surface area contributed by atoms with Gasteiger partial charge in [0, 0.05) is 17.3 Å². The maximum Gasteiger partial charge on any atom is 0.229 e. The molecule has 0 bridgehead atoms. The zero-order valence-electron chi connectivity index (χ0n) is 12.0. The van der Waals surface area contributed by atoms with Crippen molar-refractivity contribution in [1.29, 1.82) is 0 Å². The highest BCUT2D eigenvalue weighted by Gasteiger charge is 2.29. The number of nitrogens with one attached hydrogen (secondary N) is 2. The summed E-state index contributed by atoms with van der Waals surface area (Å²) in [4.78, 5) is 12.2. The van der Waals surface area contributed by atoms with Crippen LogP contribution in [0.2, 0.25) is 0 Å². The first-order valence-corrected chi connectivity index (χ1v) is 7.06. The van der Waals surface area contributed by atoms with Gasteiger partial charge in [-0.25, -0.2) is 0 Å². The average Bonchev–Trinajstić information content (AvgIpc) is 2.87. The van der Waals surface area contributed by atoms with Gasteiger partial charge < -0.3 is 20.5 Å². The molecule has 2 atom stereocenters. The normalized spacial score (nSPS) is 21.8. The molecule has 110 valence electrons. The molecule has 1 aromatic rings. The minimum absolute atomic E-state index is 0.000792. The molecule has 0 spiro atoms. The molecule has 1 aliphatic heterocycles. The van der Waals surface area contributed by atoms with E-state index in [0.29, 0.717) is 23.6 Å². The van der Waals surface area contributed by atoms with Gasteiger partial charge in [-0.2, -0.15) is 0 Å². The first-order chi connectivity index (χ1) is 9.65. The highest BCUT2D eigenvalue weighted by molar-refractivity contribution is 5.93. The van der Waals surface area contributed by atoms with Crippen molar-refractivity contribution in [3.8, 4) is 5.75 Å². The number of carbonyl (C=O) groups excluding carboxylic acids is 1. The summed E-state index contributed by atoms with van der Waals surface area (Å²) in [5.41, 5.74) is 1.38. The van der Waals surface area contributed by atoms with Crippen molar-refractivity contribution >= 4 is 11.6 Å². The summed E-state index contributed by atoms with van der Waals surface area (Å²) in [5, 5.41) is 15.5. The van der Waals surface area contributed by atoms with Crippen molar-refractivity contribution in [2.75, 3.05) is 18.5 Å². The number of hydrogen-bond donors (Lipinski definition) is 3. The molecule has 3 N–H and O–H groups in total. The highest BCUT2D eigenvalue weighted by Crippen LogP contribution is 2.24. The second kappa shape index (κ2) is 6.72. The molecule has 2 rings (SSSR count). The van der Waals surface area contributed by atoms with E-state index >= 15 is 0 Å². The lowest BCUT2D eigenvalue weighted by molar-refractivity contribution is -0.120. The summed E-state index contributed by atoms with van der Waals surface area (Å²) in [6.45, 7) is 5.23. The van der Waals surface area contributed by atoms with Gasteiger partial charge in [-0.05, 0) is 45.0 Å². The fraction of sp³-hybridized carbons (Fsp3) is 0.533. The Kier molecular flexibility index (Phi) is 4.98. The number of hydrogen-bond acceptors (Lipinski definition) is 4. The van der Waals surface area contributed by atoms with E-state index in [4.69, 9.17) is 4.74 Å². The fourth-order valence-corrected chi connectivity index (χ4v) is 2.53. The van der Waals surface area contributed by atoms with Crippen molar-refractivity contribution in [1.82, 2.24) is 5.32 Å². The van der Waals surface area contributed by atoms with E-state index in [2.05, 4.69) is 10.6 Å². The summed E-state index contributed by atoms with van der Waals surface area (Å²) in [5.74, 6) is 0.679. The number of benzene rings is 1. The van der Waals surface area contributed by atoms with Crippen molar-refractivity contribution in [3.63, 3.8) is 0 Å². The van der Waals surface area contributed by atoms with Crippen LogP contribution in [0.1, 0.15) is 25.8 Å². The third-order valence-corrected chi connectivity index (χ3v) is 3.66. The van der Waals surface area contributed by atoms with Gasteiger partial charge in [-0.15, -0.1) is 0 Å². The van der Waals surface area contributed by atoms with E-state index in [1.54, 1.807) is 18.2 Å². The second-order valence-corrected chi connectivity index (χ2v) is 5.04. The zero-order valence-corrected chi connectivity index (χ0v) is 12.0. The third kappa shape index (κ3) is 3.29. The van der Waals surface area contributed by atoms with Crippen LogP contribution in [-0.4, -0.2) is 30.2 Å². The summed E-state index contributed by atoms with van der Waals surface area (Å²) in [7, 11) is 0. The van der Waals surface area contributed by atoms with E-state index < -0.39 is 0 Å². The molecule has 1 aliphatic rings. The molecule has 1 heterocycles. The van der Waals surface area contributed by atoms with E-state index in [-0.39, 0.29) is 24.5 Å². The Labute approximate surface area is 119 Å². The Bertz CT molecular complexity index is 476. The van der Waals surface area contributed by atoms with Crippen LogP contribution in [0.5, 0.6) is 5.75 Å². The number of aliphatic hydroxyl groups excluding tert-OH is 1. The van der Waals surface area contributed by atoms with Gasteiger partial charge in [0.2, 0.25) is 5.91 Å². The van der Waals surface area contributed by atoms with Gasteiger partial charge in [0.25, 0.3) is 0 Å². The predicted molar refractivity (Wildman–Crippen MR) is 77.7 cm³/mol. The second-order valence-electron chi connectivity index (χ2n) is 5.04. The SMILES string of the molecule is CCOc1ccc(NC(=O)C2CCNC2C)cc1CO. The van der Waals surface area contributed by atoms with E-state index in [1.165, 1.54) is 0 Å². The van der Waals surface area contributed by atoms with Crippen molar-refractivity contribution in [2.45, 2.75) is 32.9 Å². The molecule has 5 nitrogen and oxygen atoms in total. The van der Waals surface area contributed by atoms with Crippen LogP contribution >= 0.6 is 0 Å². The van der Waals surface area contributed by atoms with Crippen molar-refractivity contribution in [3.05, 3.63) is 23.8 Å². The highest BCUT2D eigenvalue weighted by atomic mass is 16.5. The minimum atomic E-state index is -0.111. The average molecular weight is 278 g/mol. The number of anilines is 1. The molecule has 1 amide bonds. The monoisotopic (exact) mass is 278 g/mol. The van der Waals surface area contributed by atoms with Crippen LogP contribution in [0.15, 0.2) is 18.2 Å². The van der Waals surface area contributed by atoms with Crippen LogP contribution in [0, 0.1) is 5.92 Å². The molecule has 5 heteroatoms. The van der Waals surface area contributed by atoms with Crippen LogP contribution in [-0.2, 0) is 11.4 Å². The Balaban J connectivity index is 2.07. The van der Waals surface area contributed by atoms with Gasteiger partial charge in [0.05, 0.1) is 19.1 Å². The topological polar surface area (TPSA) is 70.6 Å². The van der Waals surface area contributed by atoms with Crippen LogP contribution in [0.25, 0.3) is 0 Å². The lowest BCUT2D eigenvalue weighted by Crippen LogP contribution is -2.32. The maximum atomic E-state index is 12.2. The van der Waals surface area contributed by atoms with E-state index in [1.807, 2.05) is 13.8 Å². The maximum absolute atomic E-state index is 12.2. The summed E-state index contributed by atoms with van der Waals surface area (Å²) >= 11 is 0. The fourth-order valence-electron chi connectivity index (χ4n) is 2.53. The molecule has 0 radical (unpaired) electrons. The van der Waals surface area contributed by atoms with Crippen molar-refractivity contribution in [2.24, 2.45) is 5.92 Å². The number of amides is 1. The molecule has 0 aromatic heterocycles. The van der Waals surface area contributed by atoms with Gasteiger partial charge >= 0.3 is 0 Å². The van der Waals surface area contributed by atoms with Gasteiger partial charge in [-0.3, -0.25) is 4.79 Å². The Morgan fingerprint density at radius 2 is 2.35 bits per heavy atom. The molecule has 2 unspecified atom stereocenters. The first kappa shape index (κ1) is 14.8. The first-order valence-electron chi connectivity index (χ1n) is 7.06. The van der Waals surface area contributed by atoms with E-state index in [0.717, 1.165) is 13.0 Å². The zero-order chi connectivity index (χ0) is 14.5. The molecule has 20 heavy (non-hydrogen) atoms. The predicted octanol–water partition coefficient (Wildman–Crippen LogP) is 1.51. The third-order valence-electron chi connectivity index (χ3n) is 3.66. The van der Waals surface area contributed by atoms with E-state index in [9.17, 15) is 9.90 Å². The molecule has 1 fully saturated rings. The molecular weight excluding hydrogens is 256 g/mol. The quantitative estimate of drug-likeness (QED) is 0.763. The standard InChI is InChI=1S/C15H22N2O3/c1-3-20-14-5-4-12(8-11(14)9-18)17-15(19)13-6-7-16-10(13)2/h4-5,8,10,13,16,18H,3,6-7,9H2,1-2H3,(H,17,19). The molecule has 1 aromatic carbocycles. The number of rotatable bonds is 5. The minimum Gasteiger partial charge on any atom is -0.494 e. The summed E-state index contributed by atoms with van der Waals surface area (Å²) in [6, 6.07) is 5.54. The van der Waals surface area contributed by atoms with Crippen LogP contribution in [0.3, 0.4) is 0 Å². The molecule has 0 saturated carbocycles. The van der Waals surface area contributed by atoms with Gasteiger partial charge in [-0.1, -0.05) is 0 Å². The van der Waals surface area contributed by atoms with Gasteiger partial charge in [0.1, 0.15) is 5.75 Å². The lowest BCUT2D eigenvalue weighted by atomic mass is 10.0. The van der Waals surface area contributed by atoms with Crippen molar-refractivity contribution < 1.29 is 14.6 Å². The summed E-state index contributed by atoms with van der Waals surface area (Å²) < 4.78 is 5.42. The smallest absolute Gasteiger partial charge is 0.229 e. The lowest BCUT2D eigenvalue weighted by Gasteiger charge is -2.16. The molecule has 0 aliphatic carbocycles. The Hall–Kier alpha value is -1.59. The largest absolute Gasteiger partial charge is 0.494 e. The number of ether oxygens (including phenoxy) is 1. The Morgan fingerprint density at radius 3 is 2.95 bits per heavy atom. The van der Waals surface area contributed by atoms with Crippen LogP contribution < -0.4 is 15.4 Å². The van der Waals surface area contributed by atoms with Gasteiger partial charge in [0.15, 0.2) is 0 Å². The van der Waals surface area contributed by atoms with Crippen LogP contribution in [0.4, 0.5) is 5.69 Å². The number of aliphatic hydroxyl groups is 1. The number of carbonyl (C=O) groups is 1.